The summed E-state index contributed by atoms with van der Waals surface area (Å²) >= 11 is 0. The van der Waals surface area contributed by atoms with E-state index in [0.717, 1.165) is 24.4 Å². The molecule has 0 bridgehead atoms. The second-order valence-corrected chi connectivity index (χ2v) is 5.37. The van der Waals surface area contributed by atoms with Gasteiger partial charge in [0.2, 0.25) is 0 Å². The average Bonchev–Trinajstić information content (AvgIpc) is 2.78. The lowest BCUT2D eigenvalue weighted by Gasteiger charge is -2.26. The molecule has 94 valence electrons. The van der Waals surface area contributed by atoms with Crippen LogP contribution in [0.2, 0.25) is 0 Å². The Bertz CT molecular complexity index is 444. The van der Waals surface area contributed by atoms with E-state index < -0.39 is 0 Å². The van der Waals surface area contributed by atoms with Crippen molar-refractivity contribution in [2.45, 2.75) is 50.9 Å². The minimum Gasteiger partial charge on any atom is -0.329 e. The summed E-state index contributed by atoms with van der Waals surface area (Å²) in [5.41, 5.74) is 6.63. The van der Waals surface area contributed by atoms with Crippen molar-refractivity contribution in [3.05, 3.63) is 27.9 Å². The van der Waals surface area contributed by atoms with Gasteiger partial charge >= 0.3 is 0 Å². The van der Waals surface area contributed by atoms with Crippen molar-refractivity contribution in [1.82, 2.24) is 9.97 Å². The zero-order valence-corrected chi connectivity index (χ0v) is 10.6. The fourth-order valence-corrected chi connectivity index (χ4v) is 2.61. The van der Waals surface area contributed by atoms with E-state index in [9.17, 15) is 4.79 Å². The Kier molecular flexibility index (Phi) is 3.33. The van der Waals surface area contributed by atoms with E-state index in [1.165, 1.54) is 12.8 Å². The number of nitrogens with two attached hydrogens (primary N) is 1. The molecule has 0 radical (unpaired) electrons. The van der Waals surface area contributed by atoms with Crippen LogP contribution in [0.25, 0.3) is 0 Å². The molecule has 0 atom stereocenters. The number of H-pyrrole nitrogens is 1. The molecular formula is C13H21N3O. The van der Waals surface area contributed by atoms with Crippen LogP contribution in [-0.4, -0.2) is 16.5 Å². The molecule has 0 unspecified atom stereocenters. The molecular weight excluding hydrogens is 214 g/mol. The molecule has 0 aliphatic heterocycles. The van der Waals surface area contributed by atoms with Crippen molar-refractivity contribution >= 4 is 0 Å². The lowest BCUT2D eigenvalue weighted by molar-refractivity contribution is 0.420. The highest BCUT2D eigenvalue weighted by Gasteiger charge is 2.36. The van der Waals surface area contributed by atoms with E-state index in [4.69, 9.17) is 5.73 Å². The van der Waals surface area contributed by atoms with Gasteiger partial charge in [0.15, 0.2) is 0 Å². The van der Waals surface area contributed by atoms with Crippen LogP contribution in [0.4, 0.5) is 0 Å². The van der Waals surface area contributed by atoms with Crippen LogP contribution in [-0.2, 0) is 5.41 Å². The van der Waals surface area contributed by atoms with Crippen LogP contribution in [0, 0.1) is 0 Å². The molecule has 1 aliphatic rings. The molecule has 1 heterocycles. The number of rotatable bonds is 3. The first-order valence-corrected chi connectivity index (χ1v) is 6.39. The summed E-state index contributed by atoms with van der Waals surface area (Å²) in [6.07, 6.45) is 4.42. The van der Waals surface area contributed by atoms with Crippen molar-refractivity contribution in [3.8, 4) is 0 Å². The van der Waals surface area contributed by atoms with Gasteiger partial charge in [-0.15, -0.1) is 0 Å². The molecule has 1 saturated carbocycles. The molecule has 1 aliphatic carbocycles. The Balaban J connectivity index is 2.47. The van der Waals surface area contributed by atoms with Gasteiger partial charge in [-0.05, 0) is 18.8 Å². The van der Waals surface area contributed by atoms with Crippen LogP contribution in [0.15, 0.2) is 10.9 Å². The smallest absolute Gasteiger partial charge is 0.251 e. The fourth-order valence-electron chi connectivity index (χ4n) is 2.61. The number of nitrogens with one attached hydrogen (secondary N) is 1. The first kappa shape index (κ1) is 12.3. The summed E-state index contributed by atoms with van der Waals surface area (Å²) in [5, 5.41) is 0. The highest BCUT2D eigenvalue weighted by molar-refractivity contribution is 5.16. The number of hydrogen-bond donors (Lipinski definition) is 2. The molecule has 0 amide bonds. The topological polar surface area (TPSA) is 71.8 Å². The molecule has 0 spiro atoms. The quantitative estimate of drug-likeness (QED) is 0.837. The Morgan fingerprint density at radius 1 is 1.47 bits per heavy atom. The Hall–Kier alpha value is -1.16. The zero-order chi connectivity index (χ0) is 12.5. The maximum absolute atomic E-state index is 11.7. The SMILES string of the molecule is CC(C)c1cc(=O)[nH]c(C2(CN)CCCC2)n1. The molecule has 4 heteroatoms. The van der Waals surface area contributed by atoms with Gasteiger partial charge in [-0.2, -0.15) is 0 Å². The van der Waals surface area contributed by atoms with E-state index in [1.807, 2.05) is 0 Å². The molecule has 1 aromatic rings. The summed E-state index contributed by atoms with van der Waals surface area (Å²) in [6.45, 7) is 4.67. The molecule has 4 nitrogen and oxygen atoms in total. The van der Waals surface area contributed by atoms with E-state index in [0.29, 0.717) is 6.54 Å². The van der Waals surface area contributed by atoms with Gasteiger partial charge in [-0.25, -0.2) is 4.98 Å². The summed E-state index contributed by atoms with van der Waals surface area (Å²) in [7, 11) is 0. The first-order valence-electron chi connectivity index (χ1n) is 6.39. The van der Waals surface area contributed by atoms with Crippen molar-refractivity contribution in [2.75, 3.05) is 6.54 Å². The molecule has 17 heavy (non-hydrogen) atoms. The molecule has 0 saturated heterocycles. The van der Waals surface area contributed by atoms with Gasteiger partial charge in [-0.1, -0.05) is 26.7 Å². The third-order valence-electron chi connectivity index (χ3n) is 3.81. The number of aromatic amines is 1. The summed E-state index contributed by atoms with van der Waals surface area (Å²) in [4.78, 5) is 19.2. The minimum atomic E-state index is -0.0932. The lowest BCUT2D eigenvalue weighted by Crippen LogP contribution is -2.36. The van der Waals surface area contributed by atoms with E-state index >= 15 is 0 Å². The van der Waals surface area contributed by atoms with Crippen molar-refractivity contribution in [1.29, 1.82) is 0 Å². The molecule has 1 aromatic heterocycles. The summed E-state index contributed by atoms with van der Waals surface area (Å²) in [5.74, 6) is 1.07. The van der Waals surface area contributed by atoms with Gasteiger partial charge in [-0.3, -0.25) is 4.79 Å². The van der Waals surface area contributed by atoms with Crippen molar-refractivity contribution < 1.29 is 0 Å². The third kappa shape index (κ3) is 2.27. The number of hydrogen-bond acceptors (Lipinski definition) is 3. The third-order valence-corrected chi connectivity index (χ3v) is 3.81. The van der Waals surface area contributed by atoms with Gasteiger partial charge in [0.1, 0.15) is 5.82 Å². The predicted molar refractivity (Wildman–Crippen MR) is 68.1 cm³/mol. The predicted octanol–water partition coefficient (Wildman–Crippen LogP) is 1.66. The van der Waals surface area contributed by atoms with Gasteiger partial charge in [0, 0.05) is 18.0 Å². The molecule has 3 N–H and O–H groups in total. The van der Waals surface area contributed by atoms with Crippen LogP contribution >= 0.6 is 0 Å². The average molecular weight is 235 g/mol. The van der Waals surface area contributed by atoms with E-state index in [1.54, 1.807) is 6.07 Å². The summed E-state index contributed by atoms with van der Waals surface area (Å²) < 4.78 is 0. The second kappa shape index (κ2) is 4.61. The van der Waals surface area contributed by atoms with Gasteiger partial charge < -0.3 is 10.7 Å². The Morgan fingerprint density at radius 2 is 2.12 bits per heavy atom. The highest BCUT2D eigenvalue weighted by Crippen LogP contribution is 2.38. The van der Waals surface area contributed by atoms with Crippen LogP contribution < -0.4 is 11.3 Å². The molecule has 0 aromatic carbocycles. The molecule has 2 rings (SSSR count). The van der Waals surface area contributed by atoms with Crippen molar-refractivity contribution in [3.63, 3.8) is 0 Å². The number of nitrogens with zero attached hydrogens (tertiary/aromatic N) is 1. The van der Waals surface area contributed by atoms with Crippen LogP contribution in [0.1, 0.15) is 57.0 Å². The van der Waals surface area contributed by atoms with Gasteiger partial charge in [0.05, 0.1) is 5.69 Å². The van der Waals surface area contributed by atoms with Crippen LogP contribution in [0.3, 0.4) is 0 Å². The Labute approximate surface area is 102 Å². The lowest BCUT2D eigenvalue weighted by atomic mass is 9.85. The Morgan fingerprint density at radius 3 is 2.65 bits per heavy atom. The van der Waals surface area contributed by atoms with E-state index in [-0.39, 0.29) is 16.9 Å². The first-order chi connectivity index (χ1) is 8.07. The van der Waals surface area contributed by atoms with E-state index in [2.05, 4.69) is 23.8 Å². The maximum atomic E-state index is 11.7. The normalized spacial score (nSPS) is 18.8. The highest BCUT2D eigenvalue weighted by atomic mass is 16.1. The fraction of sp³-hybridized carbons (Fsp3) is 0.692. The second-order valence-electron chi connectivity index (χ2n) is 5.37. The summed E-state index contributed by atoms with van der Waals surface area (Å²) in [6, 6.07) is 1.59. The zero-order valence-electron chi connectivity index (χ0n) is 10.6. The number of aromatic nitrogens is 2. The van der Waals surface area contributed by atoms with Gasteiger partial charge in [0.25, 0.3) is 5.56 Å². The maximum Gasteiger partial charge on any atom is 0.251 e. The van der Waals surface area contributed by atoms with Crippen molar-refractivity contribution in [2.24, 2.45) is 5.73 Å². The minimum absolute atomic E-state index is 0.0570. The standard InChI is InChI=1S/C13H21N3O/c1-9(2)10-7-11(17)16-12(15-10)13(8-14)5-3-4-6-13/h7,9H,3-6,8,14H2,1-2H3,(H,15,16,17). The van der Waals surface area contributed by atoms with Crippen LogP contribution in [0.5, 0.6) is 0 Å². The molecule has 1 fully saturated rings. The monoisotopic (exact) mass is 235 g/mol. The largest absolute Gasteiger partial charge is 0.329 e.